The maximum atomic E-state index is 14.6. The Kier molecular flexibility index (Phi) is 5.83. The van der Waals surface area contributed by atoms with E-state index in [9.17, 15) is 23.9 Å². The van der Waals surface area contributed by atoms with Crippen molar-refractivity contribution < 1.29 is 23.9 Å². The van der Waals surface area contributed by atoms with Crippen molar-refractivity contribution in [3.05, 3.63) is 53.2 Å². The molecule has 2 aliphatic heterocycles. The zero-order valence-corrected chi connectivity index (χ0v) is 20.4. The van der Waals surface area contributed by atoms with Crippen molar-refractivity contribution in [3.8, 4) is 0 Å². The van der Waals surface area contributed by atoms with Gasteiger partial charge in [-0.2, -0.15) is 0 Å². The number of hydrogen-bond donors (Lipinski definition) is 4. The Balaban J connectivity index is 1.34. The summed E-state index contributed by atoms with van der Waals surface area (Å²) in [6.45, 7) is 2.46. The van der Waals surface area contributed by atoms with E-state index in [0.29, 0.717) is 37.3 Å². The number of halogens is 1. The molecule has 0 unspecified atom stereocenters. The van der Waals surface area contributed by atoms with E-state index in [2.05, 4.69) is 20.9 Å². The number of nitrogens with one attached hydrogen (secondary N) is 3. The Morgan fingerprint density at radius 2 is 2.03 bits per heavy atom. The Morgan fingerprint density at radius 1 is 1.25 bits per heavy atom. The molecule has 2 aromatic rings. The van der Waals surface area contributed by atoms with Crippen LogP contribution in [0.2, 0.25) is 0 Å². The minimum absolute atomic E-state index is 0.0570. The van der Waals surface area contributed by atoms with Gasteiger partial charge in [0.1, 0.15) is 12.4 Å². The van der Waals surface area contributed by atoms with Crippen LogP contribution in [0.25, 0.3) is 0 Å². The maximum Gasteiger partial charge on any atom is 0.262 e. The molecule has 5 rings (SSSR count). The molecule has 4 N–H and O–H groups in total. The lowest BCUT2D eigenvalue weighted by atomic mass is 9.79. The van der Waals surface area contributed by atoms with Gasteiger partial charge in [0.2, 0.25) is 11.8 Å². The van der Waals surface area contributed by atoms with Crippen LogP contribution < -0.4 is 16.0 Å². The van der Waals surface area contributed by atoms with Crippen LogP contribution in [-0.2, 0) is 32.6 Å². The first-order valence-corrected chi connectivity index (χ1v) is 12.1. The van der Waals surface area contributed by atoms with Crippen molar-refractivity contribution in [1.29, 1.82) is 0 Å². The molecule has 0 radical (unpaired) electrons. The Bertz CT molecular complexity index is 1240. The second-order valence-corrected chi connectivity index (χ2v) is 10.4. The number of anilines is 2. The van der Waals surface area contributed by atoms with Gasteiger partial charge in [-0.3, -0.25) is 14.4 Å². The molecular formula is C26H30FN5O4. The number of aromatic nitrogens is 1. The zero-order valence-electron chi connectivity index (χ0n) is 20.4. The van der Waals surface area contributed by atoms with E-state index in [1.54, 1.807) is 12.3 Å². The smallest absolute Gasteiger partial charge is 0.262 e. The lowest BCUT2D eigenvalue weighted by Gasteiger charge is -2.43. The molecular weight excluding hydrogens is 465 g/mol. The van der Waals surface area contributed by atoms with Gasteiger partial charge in [0.25, 0.3) is 5.91 Å². The molecule has 3 heterocycles. The molecule has 2 atom stereocenters. The summed E-state index contributed by atoms with van der Waals surface area (Å²) in [6, 6.07) is 9.18. The molecule has 0 saturated carbocycles. The molecule has 3 aliphatic rings. The number of piperidine rings is 1. The summed E-state index contributed by atoms with van der Waals surface area (Å²) in [5, 5.41) is 19.7. The Hall–Kier alpha value is -3.37. The number of carbonyl (C=O) groups excluding carboxylic acids is 3. The maximum absolute atomic E-state index is 14.6. The number of fused-ring (bicyclic) bond motifs is 3. The van der Waals surface area contributed by atoms with E-state index >= 15 is 0 Å². The Labute approximate surface area is 208 Å². The van der Waals surface area contributed by atoms with Crippen LogP contribution in [0, 0.1) is 0 Å². The normalized spacial score (nSPS) is 24.7. The molecule has 9 nitrogen and oxygen atoms in total. The van der Waals surface area contributed by atoms with E-state index in [1.807, 2.05) is 24.3 Å². The van der Waals surface area contributed by atoms with Crippen LogP contribution in [0.15, 0.2) is 36.5 Å². The summed E-state index contributed by atoms with van der Waals surface area (Å²) >= 11 is 0. The first-order valence-electron chi connectivity index (χ1n) is 12.1. The highest BCUT2D eigenvalue weighted by Gasteiger charge is 2.51. The number of benzene rings is 1. The first kappa shape index (κ1) is 24.3. The fourth-order valence-corrected chi connectivity index (χ4v) is 5.52. The van der Waals surface area contributed by atoms with Crippen molar-refractivity contribution >= 4 is 29.2 Å². The van der Waals surface area contributed by atoms with Gasteiger partial charge < -0.3 is 26.0 Å². The SMILES string of the molecule is CC(C)(F)C(=O)N(CC(=O)Nc1ccc2c(c1)C[C@@]1(C2)C(=O)Nc2ncccc21)[C@]1(O)CCCNC1. The minimum Gasteiger partial charge on any atom is -0.369 e. The molecule has 10 heteroatoms. The molecule has 0 bridgehead atoms. The van der Waals surface area contributed by atoms with Crippen molar-refractivity contribution in [2.75, 3.05) is 30.3 Å². The van der Waals surface area contributed by atoms with E-state index in [1.165, 1.54) is 0 Å². The van der Waals surface area contributed by atoms with E-state index in [0.717, 1.165) is 35.4 Å². The highest BCUT2D eigenvalue weighted by molar-refractivity contribution is 6.06. The molecule has 190 valence electrons. The van der Waals surface area contributed by atoms with E-state index in [4.69, 9.17) is 0 Å². The van der Waals surface area contributed by atoms with Gasteiger partial charge in [-0.05, 0) is 75.4 Å². The Morgan fingerprint density at radius 3 is 2.75 bits per heavy atom. The van der Waals surface area contributed by atoms with Crippen molar-refractivity contribution in [1.82, 2.24) is 15.2 Å². The van der Waals surface area contributed by atoms with Gasteiger partial charge >= 0.3 is 0 Å². The summed E-state index contributed by atoms with van der Waals surface area (Å²) in [5.74, 6) is -0.999. The lowest BCUT2D eigenvalue weighted by Crippen LogP contribution is -2.63. The zero-order chi connectivity index (χ0) is 25.7. The van der Waals surface area contributed by atoms with Crippen LogP contribution in [0.5, 0.6) is 0 Å². The number of nitrogens with zero attached hydrogens (tertiary/aromatic N) is 2. The molecule has 1 spiro atoms. The number of alkyl halides is 1. The molecule has 1 saturated heterocycles. The fraction of sp³-hybridized carbons (Fsp3) is 0.462. The number of pyridine rings is 1. The summed E-state index contributed by atoms with van der Waals surface area (Å²) in [5.41, 5.74) is -1.30. The molecule has 1 fully saturated rings. The highest BCUT2D eigenvalue weighted by atomic mass is 19.1. The van der Waals surface area contributed by atoms with Crippen LogP contribution >= 0.6 is 0 Å². The summed E-state index contributed by atoms with van der Waals surface area (Å²) in [6.07, 6.45) is 3.49. The lowest BCUT2D eigenvalue weighted by molar-refractivity contribution is -0.175. The number of rotatable bonds is 5. The number of amides is 3. The summed E-state index contributed by atoms with van der Waals surface area (Å²) < 4.78 is 14.6. The average Bonchev–Trinajstić information content (AvgIpc) is 3.34. The van der Waals surface area contributed by atoms with Gasteiger partial charge in [0, 0.05) is 24.0 Å². The first-order chi connectivity index (χ1) is 17.0. The third kappa shape index (κ3) is 4.14. The highest BCUT2D eigenvalue weighted by Crippen LogP contribution is 2.46. The van der Waals surface area contributed by atoms with Crippen LogP contribution in [0.1, 0.15) is 43.4 Å². The van der Waals surface area contributed by atoms with Gasteiger partial charge in [-0.25, -0.2) is 9.37 Å². The average molecular weight is 496 g/mol. The second-order valence-electron chi connectivity index (χ2n) is 10.4. The standard InChI is InChI=1S/C26H30FN5O4/c1-24(2,27)23(35)32(26(36)8-4-9-28-15-26)14-20(33)30-18-7-6-16-12-25(13-17(16)11-18)19-5-3-10-29-21(19)31-22(25)34/h3,5-7,10-11,28,36H,4,8-9,12-15H2,1-2H3,(H,30,33)(H,29,31,34)/t25-,26+/m1/s1. The van der Waals surface area contributed by atoms with Crippen molar-refractivity contribution in [2.24, 2.45) is 0 Å². The van der Waals surface area contributed by atoms with E-state index < -0.39 is 35.2 Å². The van der Waals surface area contributed by atoms with Gasteiger partial charge in [0.05, 0.1) is 5.41 Å². The number of carbonyl (C=O) groups is 3. The van der Waals surface area contributed by atoms with Crippen molar-refractivity contribution in [2.45, 2.75) is 56.3 Å². The van der Waals surface area contributed by atoms with Crippen molar-refractivity contribution in [3.63, 3.8) is 0 Å². The largest absolute Gasteiger partial charge is 0.369 e. The van der Waals surface area contributed by atoms with Gasteiger partial charge in [-0.1, -0.05) is 12.1 Å². The monoisotopic (exact) mass is 495 g/mol. The number of aliphatic hydroxyl groups is 1. The topological polar surface area (TPSA) is 124 Å². The molecule has 1 aromatic heterocycles. The van der Waals surface area contributed by atoms with Gasteiger partial charge in [-0.15, -0.1) is 0 Å². The minimum atomic E-state index is -2.25. The van der Waals surface area contributed by atoms with Crippen LogP contribution in [0.3, 0.4) is 0 Å². The summed E-state index contributed by atoms with van der Waals surface area (Å²) in [4.78, 5) is 43.9. The number of hydrogen-bond acceptors (Lipinski definition) is 6. The molecule has 1 aliphatic carbocycles. The third-order valence-corrected chi connectivity index (χ3v) is 7.36. The van der Waals surface area contributed by atoms with Gasteiger partial charge in [0.15, 0.2) is 11.4 Å². The third-order valence-electron chi connectivity index (χ3n) is 7.36. The van der Waals surface area contributed by atoms with E-state index in [-0.39, 0.29) is 18.9 Å². The molecule has 36 heavy (non-hydrogen) atoms. The fourth-order valence-electron chi connectivity index (χ4n) is 5.52. The summed E-state index contributed by atoms with van der Waals surface area (Å²) in [7, 11) is 0. The van der Waals surface area contributed by atoms with Crippen LogP contribution in [-0.4, -0.2) is 63.7 Å². The second kappa shape index (κ2) is 8.63. The molecule has 3 amide bonds. The quantitative estimate of drug-likeness (QED) is 0.468. The molecule has 1 aromatic carbocycles. The predicted molar refractivity (Wildman–Crippen MR) is 131 cm³/mol. The predicted octanol–water partition coefficient (Wildman–Crippen LogP) is 1.66. The number of β-amino-alcohol motifs (C(OH)–C–C–N with tert-alkyl or cyclic N) is 1. The van der Waals surface area contributed by atoms with Crippen LogP contribution in [0.4, 0.5) is 15.9 Å².